The van der Waals surface area contributed by atoms with E-state index in [1.165, 1.54) is 32.1 Å². The van der Waals surface area contributed by atoms with Gasteiger partial charge in [-0.15, -0.1) is 0 Å². The number of nitrogens with zero attached hydrogens (tertiary/aromatic N) is 2. The van der Waals surface area contributed by atoms with Gasteiger partial charge in [0.25, 0.3) is 0 Å². The minimum Gasteiger partial charge on any atom is -0.309 e. The monoisotopic (exact) mass is 263 g/mol. The van der Waals surface area contributed by atoms with Crippen LogP contribution < -0.4 is 5.32 Å². The van der Waals surface area contributed by atoms with Crippen LogP contribution in [0.1, 0.15) is 71.0 Å². The minimum atomic E-state index is 0.357. The van der Waals surface area contributed by atoms with Crippen LogP contribution in [0.4, 0.5) is 0 Å². The fraction of sp³-hybridized carbons (Fsp3) is 0.750. The molecule has 0 fully saturated rings. The summed E-state index contributed by atoms with van der Waals surface area (Å²) in [5.74, 6) is 0.788. The van der Waals surface area contributed by atoms with Gasteiger partial charge in [0.2, 0.25) is 0 Å². The number of nitrogens with one attached hydrogen (secondary N) is 1. The minimum absolute atomic E-state index is 0.357. The second-order valence-electron chi connectivity index (χ2n) is 5.29. The zero-order valence-electron chi connectivity index (χ0n) is 12.7. The fourth-order valence-corrected chi connectivity index (χ4v) is 2.43. The number of aromatic nitrogens is 2. The lowest BCUT2D eigenvalue weighted by Crippen LogP contribution is -2.25. The van der Waals surface area contributed by atoms with Crippen LogP contribution >= 0.6 is 0 Å². The molecule has 0 saturated heterocycles. The second-order valence-corrected chi connectivity index (χ2v) is 5.29. The number of hydrogen-bond donors (Lipinski definition) is 1. The average molecular weight is 263 g/mol. The van der Waals surface area contributed by atoms with E-state index in [9.17, 15) is 0 Å². The van der Waals surface area contributed by atoms with E-state index in [1.54, 1.807) is 12.4 Å². The van der Waals surface area contributed by atoms with E-state index in [-0.39, 0.29) is 0 Å². The molecule has 1 aromatic rings. The van der Waals surface area contributed by atoms with E-state index < -0.39 is 0 Å². The molecule has 1 heterocycles. The highest BCUT2D eigenvalue weighted by molar-refractivity contribution is 5.02. The van der Waals surface area contributed by atoms with Crippen LogP contribution in [0.2, 0.25) is 0 Å². The van der Waals surface area contributed by atoms with Crippen molar-refractivity contribution in [2.75, 3.05) is 6.54 Å². The first kappa shape index (κ1) is 16.1. The van der Waals surface area contributed by atoms with Crippen molar-refractivity contribution in [2.24, 2.45) is 5.92 Å². The summed E-state index contributed by atoms with van der Waals surface area (Å²) in [6.07, 6.45) is 13.0. The Morgan fingerprint density at radius 1 is 1.16 bits per heavy atom. The predicted octanol–water partition coefficient (Wildman–Crippen LogP) is 4.12. The maximum absolute atomic E-state index is 4.47. The third-order valence-corrected chi connectivity index (χ3v) is 3.69. The highest BCUT2D eigenvalue weighted by Crippen LogP contribution is 2.25. The van der Waals surface area contributed by atoms with E-state index in [2.05, 4.69) is 36.1 Å². The highest BCUT2D eigenvalue weighted by atomic mass is 14.9. The molecule has 0 bridgehead atoms. The molecule has 2 atom stereocenters. The number of hydrogen-bond acceptors (Lipinski definition) is 3. The summed E-state index contributed by atoms with van der Waals surface area (Å²) in [4.78, 5) is 8.68. The molecule has 0 amide bonds. The Bertz CT molecular complexity index is 313. The topological polar surface area (TPSA) is 37.8 Å². The maximum Gasteiger partial charge on any atom is 0.0756 e. The standard InChI is InChI=1S/C16H29N3/c1-4-7-8-14(6-3)12-15(18-9-5-2)16-13-17-10-11-19-16/h10-11,13-15,18H,4-9,12H2,1-3H3. The molecular weight excluding hydrogens is 234 g/mol. The van der Waals surface area contributed by atoms with Gasteiger partial charge in [-0.1, -0.05) is 46.5 Å². The summed E-state index contributed by atoms with van der Waals surface area (Å²) < 4.78 is 0. The normalized spacial score (nSPS) is 14.3. The zero-order valence-corrected chi connectivity index (χ0v) is 12.7. The molecule has 3 heteroatoms. The van der Waals surface area contributed by atoms with Crippen LogP contribution in [0.25, 0.3) is 0 Å². The lowest BCUT2D eigenvalue weighted by atomic mass is 9.91. The molecule has 3 nitrogen and oxygen atoms in total. The first-order chi connectivity index (χ1) is 9.31. The van der Waals surface area contributed by atoms with E-state index >= 15 is 0 Å². The first-order valence-electron chi connectivity index (χ1n) is 7.81. The Kier molecular flexibility index (Phi) is 8.39. The second kappa shape index (κ2) is 9.90. The molecular formula is C16H29N3. The molecule has 108 valence electrons. The summed E-state index contributed by atoms with van der Waals surface area (Å²) in [6, 6.07) is 0.357. The maximum atomic E-state index is 4.47. The predicted molar refractivity (Wildman–Crippen MR) is 81.0 cm³/mol. The number of rotatable bonds is 10. The summed E-state index contributed by atoms with van der Waals surface area (Å²) in [6.45, 7) is 7.82. The van der Waals surface area contributed by atoms with Gasteiger partial charge in [-0.25, -0.2) is 0 Å². The van der Waals surface area contributed by atoms with Gasteiger partial charge < -0.3 is 5.32 Å². The van der Waals surface area contributed by atoms with Crippen LogP contribution in [-0.4, -0.2) is 16.5 Å². The third-order valence-electron chi connectivity index (χ3n) is 3.69. The van der Waals surface area contributed by atoms with Crippen molar-refractivity contribution in [1.82, 2.24) is 15.3 Å². The Hall–Kier alpha value is -0.960. The molecule has 1 N–H and O–H groups in total. The van der Waals surface area contributed by atoms with Crippen molar-refractivity contribution in [3.8, 4) is 0 Å². The van der Waals surface area contributed by atoms with E-state index in [4.69, 9.17) is 0 Å². The van der Waals surface area contributed by atoms with Crippen molar-refractivity contribution < 1.29 is 0 Å². The molecule has 0 aliphatic rings. The number of unbranched alkanes of at least 4 members (excludes halogenated alkanes) is 1. The van der Waals surface area contributed by atoms with Gasteiger partial charge in [-0.05, 0) is 25.3 Å². The summed E-state index contributed by atoms with van der Waals surface area (Å²) in [5.41, 5.74) is 1.09. The van der Waals surface area contributed by atoms with Crippen LogP contribution in [0.3, 0.4) is 0 Å². The Balaban J connectivity index is 2.62. The quantitative estimate of drug-likeness (QED) is 0.690. The van der Waals surface area contributed by atoms with E-state index in [0.717, 1.165) is 24.6 Å². The van der Waals surface area contributed by atoms with Crippen LogP contribution in [0.15, 0.2) is 18.6 Å². The van der Waals surface area contributed by atoms with Crippen molar-refractivity contribution in [3.63, 3.8) is 0 Å². The molecule has 2 unspecified atom stereocenters. The van der Waals surface area contributed by atoms with Gasteiger partial charge in [0.1, 0.15) is 0 Å². The van der Waals surface area contributed by atoms with Gasteiger partial charge in [-0.3, -0.25) is 9.97 Å². The largest absolute Gasteiger partial charge is 0.309 e. The average Bonchev–Trinajstić information content (AvgIpc) is 2.47. The van der Waals surface area contributed by atoms with Gasteiger partial charge in [0, 0.05) is 18.6 Å². The SMILES string of the molecule is CCCCC(CC)CC(NCCC)c1cnccn1. The van der Waals surface area contributed by atoms with Gasteiger partial charge in [0.05, 0.1) is 11.7 Å². The smallest absolute Gasteiger partial charge is 0.0756 e. The molecule has 19 heavy (non-hydrogen) atoms. The molecule has 0 saturated carbocycles. The molecule has 0 aromatic carbocycles. The van der Waals surface area contributed by atoms with Crippen LogP contribution in [0, 0.1) is 5.92 Å². The van der Waals surface area contributed by atoms with Crippen LogP contribution in [-0.2, 0) is 0 Å². The molecule has 1 aromatic heterocycles. The molecule has 0 aliphatic heterocycles. The van der Waals surface area contributed by atoms with Crippen molar-refractivity contribution in [1.29, 1.82) is 0 Å². The van der Waals surface area contributed by atoms with Gasteiger partial charge >= 0.3 is 0 Å². The Labute approximate surface area is 118 Å². The Morgan fingerprint density at radius 2 is 2.00 bits per heavy atom. The summed E-state index contributed by atoms with van der Waals surface area (Å²) in [7, 11) is 0. The van der Waals surface area contributed by atoms with Gasteiger partial charge in [0.15, 0.2) is 0 Å². The molecule has 0 spiro atoms. The lowest BCUT2D eigenvalue weighted by Gasteiger charge is -2.23. The third kappa shape index (κ3) is 6.15. The molecule has 1 rings (SSSR count). The highest BCUT2D eigenvalue weighted by Gasteiger charge is 2.17. The lowest BCUT2D eigenvalue weighted by molar-refractivity contribution is 0.349. The van der Waals surface area contributed by atoms with E-state index in [0.29, 0.717) is 6.04 Å². The molecule has 0 radical (unpaired) electrons. The summed E-state index contributed by atoms with van der Waals surface area (Å²) >= 11 is 0. The van der Waals surface area contributed by atoms with Crippen LogP contribution in [0.5, 0.6) is 0 Å². The first-order valence-corrected chi connectivity index (χ1v) is 7.81. The van der Waals surface area contributed by atoms with Crippen molar-refractivity contribution in [3.05, 3.63) is 24.3 Å². The van der Waals surface area contributed by atoms with Crippen molar-refractivity contribution >= 4 is 0 Å². The molecule has 0 aliphatic carbocycles. The fourth-order valence-electron chi connectivity index (χ4n) is 2.43. The zero-order chi connectivity index (χ0) is 13.9. The summed E-state index contributed by atoms with van der Waals surface area (Å²) in [5, 5.41) is 3.62. The van der Waals surface area contributed by atoms with Crippen molar-refractivity contribution in [2.45, 2.75) is 65.3 Å². The van der Waals surface area contributed by atoms with Gasteiger partial charge in [-0.2, -0.15) is 0 Å². The van der Waals surface area contributed by atoms with E-state index in [1.807, 2.05) is 6.20 Å². The Morgan fingerprint density at radius 3 is 2.58 bits per heavy atom.